The van der Waals surface area contributed by atoms with Gasteiger partial charge in [-0.05, 0) is 42.7 Å². The third-order valence-corrected chi connectivity index (χ3v) is 5.79. The topological polar surface area (TPSA) is 79.4 Å². The van der Waals surface area contributed by atoms with Gasteiger partial charge in [0.15, 0.2) is 0 Å². The van der Waals surface area contributed by atoms with Crippen molar-refractivity contribution in [1.82, 2.24) is 10.3 Å². The largest absolute Gasteiger partial charge is 0.348 e. The fourth-order valence-corrected chi connectivity index (χ4v) is 4.30. The van der Waals surface area contributed by atoms with Crippen LogP contribution in [0, 0.1) is 0 Å². The van der Waals surface area contributed by atoms with Crippen LogP contribution >= 0.6 is 0 Å². The smallest absolute Gasteiger partial charge is 0.251 e. The fraction of sp³-hybridized carbons (Fsp3) is 0.294. The van der Waals surface area contributed by atoms with Gasteiger partial charge in [0, 0.05) is 31.0 Å². The van der Waals surface area contributed by atoms with Gasteiger partial charge >= 0.3 is 0 Å². The number of hydrogen-bond acceptors (Lipinski definition) is 4. The van der Waals surface area contributed by atoms with E-state index in [1.54, 1.807) is 36.7 Å². The van der Waals surface area contributed by atoms with E-state index in [4.69, 9.17) is 0 Å². The first-order chi connectivity index (χ1) is 11.6. The molecule has 1 N–H and O–H groups in total. The number of carbonyl (C=O) groups is 1. The first kappa shape index (κ1) is 16.4. The zero-order valence-electron chi connectivity index (χ0n) is 13.2. The average Bonchev–Trinajstić information content (AvgIpc) is 2.60. The standard InChI is InChI=1S/C17H19N3O3S/c21-17(19-13-14-5-4-8-18-12-14)15-6-3-7-16(11-15)20-9-1-2-10-24(20,22)23/h3-8,11-12H,1-2,9-10,13H2,(H,19,21). The number of sulfonamides is 1. The van der Waals surface area contributed by atoms with Crippen LogP contribution in [0.15, 0.2) is 48.8 Å². The van der Waals surface area contributed by atoms with E-state index >= 15 is 0 Å². The van der Waals surface area contributed by atoms with E-state index in [0.29, 0.717) is 30.8 Å². The lowest BCUT2D eigenvalue weighted by atomic mass is 10.1. The zero-order chi connectivity index (χ0) is 17.0. The number of nitrogens with one attached hydrogen (secondary N) is 1. The predicted molar refractivity (Wildman–Crippen MR) is 92.2 cm³/mol. The number of pyridine rings is 1. The minimum Gasteiger partial charge on any atom is -0.348 e. The highest BCUT2D eigenvalue weighted by molar-refractivity contribution is 7.92. The molecule has 24 heavy (non-hydrogen) atoms. The average molecular weight is 345 g/mol. The first-order valence-electron chi connectivity index (χ1n) is 7.84. The number of benzene rings is 1. The van der Waals surface area contributed by atoms with Crippen molar-refractivity contribution >= 4 is 21.6 Å². The molecule has 2 aromatic rings. The van der Waals surface area contributed by atoms with Gasteiger partial charge < -0.3 is 5.32 Å². The third-order valence-electron chi connectivity index (χ3n) is 3.92. The van der Waals surface area contributed by atoms with Crippen LogP contribution in [0.25, 0.3) is 0 Å². The maximum Gasteiger partial charge on any atom is 0.251 e. The highest BCUT2D eigenvalue weighted by atomic mass is 32.2. The lowest BCUT2D eigenvalue weighted by molar-refractivity contribution is 0.0951. The van der Waals surface area contributed by atoms with Crippen LogP contribution in [0.1, 0.15) is 28.8 Å². The van der Waals surface area contributed by atoms with E-state index in [0.717, 1.165) is 12.0 Å². The Balaban J connectivity index is 1.74. The molecule has 7 heteroatoms. The van der Waals surface area contributed by atoms with Crippen LogP contribution in [0.4, 0.5) is 5.69 Å². The molecule has 2 heterocycles. The molecule has 1 saturated heterocycles. The van der Waals surface area contributed by atoms with Crippen molar-refractivity contribution in [3.63, 3.8) is 0 Å². The normalized spacial score (nSPS) is 16.6. The molecule has 0 spiro atoms. The molecule has 0 radical (unpaired) electrons. The van der Waals surface area contributed by atoms with Crippen LogP contribution in [0.5, 0.6) is 0 Å². The van der Waals surface area contributed by atoms with Crippen molar-refractivity contribution in [1.29, 1.82) is 0 Å². The molecule has 0 aliphatic carbocycles. The second-order valence-corrected chi connectivity index (χ2v) is 7.70. The lowest BCUT2D eigenvalue weighted by Gasteiger charge is -2.28. The summed E-state index contributed by atoms with van der Waals surface area (Å²) < 4.78 is 25.8. The Morgan fingerprint density at radius 1 is 1.21 bits per heavy atom. The Morgan fingerprint density at radius 3 is 2.83 bits per heavy atom. The lowest BCUT2D eigenvalue weighted by Crippen LogP contribution is -2.38. The summed E-state index contributed by atoms with van der Waals surface area (Å²) in [7, 11) is -3.28. The number of rotatable bonds is 4. The highest BCUT2D eigenvalue weighted by Crippen LogP contribution is 2.24. The van der Waals surface area contributed by atoms with E-state index in [-0.39, 0.29) is 11.7 Å². The Kier molecular flexibility index (Phi) is 4.80. The van der Waals surface area contributed by atoms with Gasteiger partial charge in [0.2, 0.25) is 10.0 Å². The summed E-state index contributed by atoms with van der Waals surface area (Å²) in [4.78, 5) is 16.3. The molecule has 3 rings (SSSR count). The SMILES string of the molecule is O=C(NCc1cccnc1)c1cccc(N2CCCCS2(=O)=O)c1. The van der Waals surface area contributed by atoms with Crippen LogP contribution in [-0.2, 0) is 16.6 Å². The molecule has 0 unspecified atom stereocenters. The third kappa shape index (κ3) is 3.73. The predicted octanol–water partition coefficient (Wildman–Crippen LogP) is 1.94. The second kappa shape index (κ2) is 7.00. The quantitative estimate of drug-likeness (QED) is 0.918. The van der Waals surface area contributed by atoms with Gasteiger partial charge in [-0.3, -0.25) is 14.1 Å². The van der Waals surface area contributed by atoms with Crippen LogP contribution in [-0.4, -0.2) is 31.6 Å². The molecule has 1 fully saturated rings. The van der Waals surface area contributed by atoms with Gasteiger partial charge in [-0.25, -0.2) is 8.42 Å². The molecular formula is C17H19N3O3S. The molecule has 1 aliphatic heterocycles. The Bertz CT molecular complexity index is 822. The molecule has 1 aromatic heterocycles. The van der Waals surface area contributed by atoms with Gasteiger partial charge in [0.25, 0.3) is 5.91 Å². The van der Waals surface area contributed by atoms with Gasteiger partial charge in [-0.2, -0.15) is 0 Å². The summed E-state index contributed by atoms with van der Waals surface area (Å²) in [6.07, 6.45) is 4.88. The minimum atomic E-state index is -3.28. The molecule has 126 valence electrons. The fourth-order valence-electron chi connectivity index (χ4n) is 2.67. The Hall–Kier alpha value is -2.41. The number of amides is 1. The van der Waals surface area contributed by atoms with E-state index in [2.05, 4.69) is 10.3 Å². The van der Waals surface area contributed by atoms with Crippen molar-refractivity contribution in [3.05, 3.63) is 59.9 Å². The van der Waals surface area contributed by atoms with Crippen LogP contribution < -0.4 is 9.62 Å². The maximum atomic E-state index is 12.3. The summed E-state index contributed by atoms with van der Waals surface area (Å²) in [5.41, 5.74) is 1.89. The molecular weight excluding hydrogens is 326 g/mol. The van der Waals surface area contributed by atoms with Crippen molar-refractivity contribution in [2.75, 3.05) is 16.6 Å². The van der Waals surface area contributed by atoms with Crippen LogP contribution in [0.2, 0.25) is 0 Å². The summed E-state index contributed by atoms with van der Waals surface area (Å²) in [6, 6.07) is 10.4. The number of hydrogen-bond donors (Lipinski definition) is 1. The maximum absolute atomic E-state index is 12.3. The van der Waals surface area contributed by atoms with Crippen molar-refractivity contribution in [3.8, 4) is 0 Å². The Morgan fingerprint density at radius 2 is 2.08 bits per heavy atom. The van der Waals surface area contributed by atoms with Gasteiger partial charge in [-0.1, -0.05) is 12.1 Å². The zero-order valence-corrected chi connectivity index (χ0v) is 14.0. The van der Waals surface area contributed by atoms with E-state index in [1.807, 2.05) is 12.1 Å². The Labute approximate surface area is 141 Å². The molecule has 1 amide bonds. The van der Waals surface area contributed by atoms with Gasteiger partial charge in [0.1, 0.15) is 0 Å². The number of nitrogens with zero attached hydrogens (tertiary/aromatic N) is 2. The van der Waals surface area contributed by atoms with Crippen LogP contribution in [0.3, 0.4) is 0 Å². The first-order valence-corrected chi connectivity index (χ1v) is 9.45. The summed E-state index contributed by atoms with van der Waals surface area (Å²) >= 11 is 0. The van der Waals surface area contributed by atoms with Gasteiger partial charge in [0.05, 0.1) is 11.4 Å². The molecule has 1 aromatic carbocycles. The molecule has 6 nitrogen and oxygen atoms in total. The number of carbonyl (C=O) groups excluding carboxylic acids is 1. The highest BCUT2D eigenvalue weighted by Gasteiger charge is 2.26. The molecule has 1 aliphatic rings. The monoisotopic (exact) mass is 345 g/mol. The molecule has 0 atom stereocenters. The second-order valence-electron chi connectivity index (χ2n) is 5.69. The van der Waals surface area contributed by atoms with Gasteiger partial charge in [-0.15, -0.1) is 0 Å². The number of aromatic nitrogens is 1. The minimum absolute atomic E-state index is 0.157. The molecule has 0 bridgehead atoms. The molecule has 0 saturated carbocycles. The number of anilines is 1. The van der Waals surface area contributed by atoms with E-state index in [1.165, 1.54) is 4.31 Å². The summed E-state index contributed by atoms with van der Waals surface area (Å²) in [5.74, 6) is -0.0835. The van der Waals surface area contributed by atoms with Crippen molar-refractivity contribution < 1.29 is 13.2 Å². The summed E-state index contributed by atoms with van der Waals surface area (Å²) in [5, 5.41) is 2.82. The van der Waals surface area contributed by atoms with E-state index in [9.17, 15) is 13.2 Å². The van der Waals surface area contributed by atoms with E-state index < -0.39 is 10.0 Å². The van der Waals surface area contributed by atoms with Crippen molar-refractivity contribution in [2.45, 2.75) is 19.4 Å². The van der Waals surface area contributed by atoms with Crippen molar-refractivity contribution in [2.24, 2.45) is 0 Å². The summed E-state index contributed by atoms with van der Waals surface area (Å²) in [6.45, 7) is 0.835.